The summed E-state index contributed by atoms with van der Waals surface area (Å²) >= 11 is 0. The molecule has 18 heavy (non-hydrogen) atoms. The first-order valence-corrected chi connectivity index (χ1v) is 6.01. The Labute approximate surface area is 105 Å². The lowest BCUT2D eigenvalue weighted by atomic mass is 10.3. The molecule has 0 saturated heterocycles. The van der Waals surface area contributed by atoms with Crippen LogP contribution in [0.5, 0.6) is 0 Å². The maximum absolute atomic E-state index is 5.49. The number of benzene rings is 1. The summed E-state index contributed by atoms with van der Waals surface area (Å²) in [4.78, 5) is 7.78. The van der Waals surface area contributed by atoms with Gasteiger partial charge in [-0.3, -0.25) is 0 Å². The topological polar surface area (TPSA) is 53.9 Å². The summed E-state index contributed by atoms with van der Waals surface area (Å²) in [5, 5.41) is 3.30. The molecule has 3 aromatic rings. The number of para-hydroxylation sites is 2. The Balaban J connectivity index is 1.62. The average Bonchev–Trinajstić information content (AvgIpc) is 2.95. The van der Waals surface area contributed by atoms with E-state index >= 15 is 0 Å². The first kappa shape index (κ1) is 11.0. The Morgan fingerprint density at radius 2 is 2.06 bits per heavy atom. The number of furan rings is 1. The van der Waals surface area contributed by atoms with Gasteiger partial charge in [0.05, 0.1) is 24.1 Å². The van der Waals surface area contributed by atoms with E-state index in [0.29, 0.717) is 13.1 Å². The molecule has 0 atom stereocenters. The Morgan fingerprint density at radius 1 is 1.17 bits per heavy atom. The van der Waals surface area contributed by atoms with Crippen molar-refractivity contribution in [1.82, 2.24) is 15.3 Å². The molecule has 0 spiro atoms. The largest absolute Gasteiger partial charge is 0.465 e. The lowest BCUT2D eigenvalue weighted by Gasteiger charge is -1.99. The van der Waals surface area contributed by atoms with E-state index < -0.39 is 0 Å². The van der Waals surface area contributed by atoms with Crippen molar-refractivity contribution in [3.8, 4) is 0 Å². The Morgan fingerprint density at radius 3 is 2.83 bits per heavy atom. The highest BCUT2D eigenvalue weighted by atomic mass is 16.3. The van der Waals surface area contributed by atoms with Crippen LogP contribution in [0, 0.1) is 6.92 Å². The van der Waals surface area contributed by atoms with Crippen molar-refractivity contribution in [3.63, 3.8) is 0 Å². The molecule has 0 radical (unpaired) electrons. The smallest absolute Gasteiger partial charge is 0.121 e. The number of aryl methyl sites for hydroxylation is 1. The summed E-state index contributed by atoms with van der Waals surface area (Å²) in [6.45, 7) is 3.36. The molecule has 92 valence electrons. The van der Waals surface area contributed by atoms with Crippen molar-refractivity contribution in [2.75, 3.05) is 0 Å². The molecular weight excluding hydrogens is 226 g/mol. The molecule has 2 N–H and O–H groups in total. The van der Waals surface area contributed by atoms with Gasteiger partial charge < -0.3 is 14.7 Å². The van der Waals surface area contributed by atoms with Gasteiger partial charge in [-0.1, -0.05) is 12.1 Å². The van der Waals surface area contributed by atoms with Gasteiger partial charge in [0.2, 0.25) is 0 Å². The summed E-state index contributed by atoms with van der Waals surface area (Å²) in [5.74, 6) is 2.83. The van der Waals surface area contributed by atoms with Crippen LogP contribution in [0.25, 0.3) is 11.0 Å². The molecule has 2 aromatic heterocycles. The molecule has 1 aromatic carbocycles. The molecule has 2 heterocycles. The number of H-pyrrole nitrogens is 1. The first-order valence-electron chi connectivity index (χ1n) is 6.01. The zero-order chi connectivity index (χ0) is 12.4. The lowest BCUT2D eigenvalue weighted by Crippen LogP contribution is -2.13. The SMILES string of the molecule is Cc1ccc(CNCc2nc3ccccc3[nH]2)o1. The molecule has 0 aliphatic heterocycles. The van der Waals surface area contributed by atoms with Gasteiger partial charge in [-0.15, -0.1) is 0 Å². The Kier molecular flexibility index (Phi) is 2.86. The Bertz CT molecular complexity index is 621. The summed E-state index contributed by atoms with van der Waals surface area (Å²) in [6.07, 6.45) is 0. The molecule has 0 amide bonds. The number of imidazole rings is 1. The lowest BCUT2D eigenvalue weighted by molar-refractivity contribution is 0.460. The van der Waals surface area contributed by atoms with Gasteiger partial charge in [-0.05, 0) is 31.2 Å². The fourth-order valence-electron chi connectivity index (χ4n) is 1.97. The Hall–Kier alpha value is -2.07. The van der Waals surface area contributed by atoms with Crippen LogP contribution in [0.4, 0.5) is 0 Å². The van der Waals surface area contributed by atoms with E-state index in [4.69, 9.17) is 4.42 Å². The molecule has 0 saturated carbocycles. The number of aromatic amines is 1. The van der Waals surface area contributed by atoms with Crippen LogP contribution in [0.3, 0.4) is 0 Å². The van der Waals surface area contributed by atoms with E-state index in [-0.39, 0.29) is 0 Å². The summed E-state index contributed by atoms with van der Waals surface area (Å²) in [7, 11) is 0. The fourth-order valence-corrected chi connectivity index (χ4v) is 1.97. The minimum Gasteiger partial charge on any atom is -0.465 e. The number of hydrogen-bond acceptors (Lipinski definition) is 3. The second-order valence-electron chi connectivity index (χ2n) is 4.32. The predicted molar refractivity (Wildman–Crippen MR) is 70.1 cm³/mol. The first-order chi connectivity index (χ1) is 8.81. The van der Waals surface area contributed by atoms with Crippen LogP contribution < -0.4 is 5.32 Å². The second kappa shape index (κ2) is 4.66. The second-order valence-corrected chi connectivity index (χ2v) is 4.32. The van der Waals surface area contributed by atoms with Gasteiger partial charge in [0, 0.05) is 0 Å². The number of nitrogens with one attached hydrogen (secondary N) is 2. The number of aromatic nitrogens is 2. The van der Waals surface area contributed by atoms with E-state index in [1.54, 1.807) is 0 Å². The van der Waals surface area contributed by atoms with Gasteiger partial charge >= 0.3 is 0 Å². The molecule has 0 bridgehead atoms. The van der Waals surface area contributed by atoms with Crippen molar-refractivity contribution in [2.24, 2.45) is 0 Å². The maximum Gasteiger partial charge on any atom is 0.121 e. The number of rotatable bonds is 4. The van der Waals surface area contributed by atoms with Crippen LogP contribution in [0.1, 0.15) is 17.3 Å². The van der Waals surface area contributed by atoms with Crippen LogP contribution in [0.15, 0.2) is 40.8 Å². The van der Waals surface area contributed by atoms with Crippen molar-refractivity contribution in [2.45, 2.75) is 20.0 Å². The van der Waals surface area contributed by atoms with E-state index in [0.717, 1.165) is 28.4 Å². The summed E-state index contributed by atoms with van der Waals surface area (Å²) in [6, 6.07) is 12.0. The van der Waals surface area contributed by atoms with Crippen LogP contribution >= 0.6 is 0 Å². The number of hydrogen-bond donors (Lipinski definition) is 2. The van der Waals surface area contributed by atoms with Crippen LogP contribution in [0.2, 0.25) is 0 Å². The van der Waals surface area contributed by atoms with Gasteiger partial charge in [0.15, 0.2) is 0 Å². The highest BCUT2D eigenvalue weighted by Crippen LogP contribution is 2.10. The predicted octanol–water partition coefficient (Wildman–Crippen LogP) is 2.75. The summed E-state index contributed by atoms with van der Waals surface area (Å²) < 4.78 is 5.49. The molecule has 0 unspecified atom stereocenters. The van der Waals surface area contributed by atoms with Crippen molar-refractivity contribution in [3.05, 3.63) is 53.7 Å². The van der Waals surface area contributed by atoms with Gasteiger partial charge in [0.25, 0.3) is 0 Å². The minimum atomic E-state index is 0.703. The standard InChI is InChI=1S/C14H15N3O/c1-10-6-7-11(18-10)8-15-9-14-16-12-4-2-3-5-13(12)17-14/h2-7,15H,8-9H2,1H3,(H,16,17). The monoisotopic (exact) mass is 241 g/mol. The summed E-state index contributed by atoms with van der Waals surface area (Å²) in [5.41, 5.74) is 2.08. The zero-order valence-electron chi connectivity index (χ0n) is 10.2. The van der Waals surface area contributed by atoms with E-state index in [1.165, 1.54) is 0 Å². The molecule has 4 nitrogen and oxygen atoms in total. The van der Waals surface area contributed by atoms with Gasteiger partial charge in [0.1, 0.15) is 17.3 Å². The van der Waals surface area contributed by atoms with E-state index in [9.17, 15) is 0 Å². The quantitative estimate of drug-likeness (QED) is 0.738. The van der Waals surface area contributed by atoms with Gasteiger partial charge in [-0.2, -0.15) is 0 Å². The van der Waals surface area contributed by atoms with Crippen molar-refractivity contribution >= 4 is 11.0 Å². The molecule has 0 aliphatic rings. The maximum atomic E-state index is 5.49. The van der Waals surface area contributed by atoms with Crippen LogP contribution in [-0.4, -0.2) is 9.97 Å². The average molecular weight is 241 g/mol. The third-order valence-electron chi connectivity index (χ3n) is 2.83. The molecule has 0 aliphatic carbocycles. The highest BCUT2D eigenvalue weighted by Gasteiger charge is 2.02. The highest BCUT2D eigenvalue weighted by molar-refractivity contribution is 5.74. The number of nitrogens with zero attached hydrogens (tertiary/aromatic N) is 1. The molecule has 4 heteroatoms. The third-order valence-corrected chi connectivity index (χ3v) is 2.83. The molecular formula is C14H15N3O. The van der Waals surface area contributed by atoms with Crippen molar-refractivity contribution in [1.29, 1.82) is 0 Å². The fraction of sp³-hybridized carbons (Fsp3) is 0.214. The minimum absolute atomic E-state index is 0.703. The van der Waals surface area contributed by atoms with Gasteiger partial charge in [-0.25, -0.2) is 4.98 Å². The molecule has 0 fully saturated rings. The van der Waals surface area contributed by atoms with Crippen LogP contribution in [-0.2, 0) is 13.1 Å². The zero-order valence-corrected chi connectivity index (χ0v) is 10.2. The van der Waals surface area contributed by atoms with E-state index in [1.807, 2.05) is 43.3 Å². The number of fused-ring (bicyclic) bond motifs is 1. The van der Waals surface area contributed by atoms with E-state index in [2.05, 4.69) is 15.3 Å². The normalized spacial score (nSPS) is 11.2. The van der Waals surface area contributed by atoms with Crippen molar-refractivity contribution < 1.29 is 4.42 Å². The molecule has 3 rings (SSSR count). The third kappa shape index (κ3) is 2.28.